The molecule has 2 rings (SSSR count). The van der Waals surface area contributed by atoms with Crippen LogP contribution in [0.25, 0.3) is 0 Å². The van der Waals surface area contributed by atoms with E-state index in [4.69, 9.17) is 11.6 Å². The van der Waals surface area contributed by atoms with Crippen LogP contribution in [-0.2, 0) is 6.42 Å². The van der Waals surface area contributed by atoms with Gasteiger partial charge in [0.1, 0.15) is 5.15 Å². The predicted octanol–water partition coefficient (Wildman–Crippen LogP) is 3.16. The maximum Gasteiger partial charge on any atom is 0.168 e. The monoisotopic (exact) mass is 231 g/mol. The van der Waals surface area contributed by atoms with Gasteiger partial charge >= 0.3 is 0 Å². The van der Waals surface area contributed by atoms with Crippen LogP contribution in [0, 0.1) is 0 Å². The van der Waals surface area contributed by atoms with Gasteiger partial charge in [0.25, 0.3) is 0 Å². The second kappa shape index (κ2) is 4.90. The van der Waals surface area contributed by atoms with Gasteiger partial charge in [-0.15, -0.1) is 0 Å². The number of halogens is 1. The zero-order valence-corrected chi connectivity index (χ0v) is 9.32. The molecule has 0 saturated carbocycles. The molecule has 80 valence electrons. The first kappa shape index (κ1) is 10.8. The van der Waals surface area contributed by atoms with Gasteiger partial charge in [0.05, 0.1) is 0 Å². The summed E-state index contributed by atoms with van der Waals surface area (Å²) in [6.45, 7) is 0. The number of carbonyl (C=O) groups excluding carboxylic acids is 1. The van der Waals surface area contributed by atoms with Crippen LogP contribution in [0.3, 0.4) is 0 Å². The molecule has 16 heavy (non-hydrogen) atoms. The second-order valence-electron chi connectivity index (χ2n) is 3.46. The molecule has 1 aromatic carbocycles. The normalized spacial score (nSPS) is 10.1. The van der Waals surface area contributed by atoms with Crippen molar-refractivity contribution in [2.45, 2.75) is 6.42 Å². The molecule has 0 N–H and O–H groups in total. The van der Waals surface area contributed by atoms with Gasteiger partial charge < -0.3 is 0 Å². The summed E-state index contributed by atoms with van der Waals surface area (Å²) in [6.07, 6.45) is 1.90. The number of aromatic nitrogens is 1. The predicted molar refractivity (Wildman–Crippen MR) is 63.7 cm³/mol. The molecule has 0 bridgehead atoms. The molecule has 0 aliphatic heterocycles. The summed E-state index contributed by atoms with van der Waals surface area (Å²) in [6, 6.07) is 13.0. The molecule has 2 aromatic rings. The van der Waals surface area contributed by atoms with Crippen molar-refractivity contribution >= 4 is 17.4 Å². The van der Waals surface area contributed by atoms with E-state index in [1.165, 1.54) is 6.20 Å². The Bertz CT molecular complexity index is 479. The van der Waals surface area contributed by atoms with Crippen LogP contribution in [0.15, 0.2) is 48.7 Å². The number of hydrogen-bond donors (Lipinski definition) is 0. The minimum atomic E-state index is 0.0513. The maximum atomic E-state index is 11.8. The maximum absolute atomic E-state index is 11.8. The lowest BCUT2D eigenvalue weighted by molar-refractivity contribution is 0.0992. The van der Waals surface area contributed by atoms with Gasteiger partial charge in [0.2, 0.25) is 0 Å². The van der Waals surface area contributed by atoms with Crippen molar-refractivity contribution in [3.8, 4) is 0 Å². The largest absolute Gasteiger partial charge is 0.294 e. The lowest BCUT2D eigenvalue weighted by Crippen LogP contribution is -2.03. The Balaban J connectivity index is 2.12. The SMILES string of the molecule is O=C(Cc1ccccc1)c1ccc(Cl)nc1. The van der Waals surface area contributed by atoms with Crippen molar-refractivity contribution in [3.05, 3.63) is 64.9 Å². The zero-order chi connectivity index (χ0) is 11.4. The van der Waals surface area contributed by atoms with Gasteiger partial charge in [0.15, 0.2) is 5.78 Å². The first-order valence-corrected chi connectivity index (χ1v) is 5.32. The third-order valence-electron chi connectivity index (χ3n) is 2.26. The van der Waals surface area contributed by atoms with Crippen LogP contribution in [-0.4, -0.2) is 10.8 Å². The average molecular weight is 232 g/mol. The quantitative estimate of drug-likeness (QED) is 0.600. The van der Waals surface area contributed by atoms with Crippen molar-refractivity contribution in [1.29, 1.82) is 0 Å². The number of benzene rings is 1. The molecule has 0 aliphatic carbocycles. The molecule has 2 nitrogen and oxygen atoms in total. The summed E-state index contributed by atoms with van der Waals surface area (Å²) in [5.41, 5.74) is 1.59. The van der Waals surface area contributed by atoms with Crippen LogP contribution in [0.5, 0.6) is 0 Å². The molecule has 0 unspecified atom stereocenters. The number of rotatable bonds is 3. The molecule has 1 aromatic heterocycles. The van der Waals surface area contributed by atoms with Crippen molar-refractivity contribution < 1.29 is 4.79 Å². The lowest BCUT2D eigenvalue weighted by atomic mass is 10.0. The van der Waals surface area contributed by atoms with E-state index in [9.17, 15) is 4.79 Å². The molecule has 0 radical (unpaired) electrons. The smallest absolute Gasteiger partial charge is 0.168 e. The number of Topliss-reactive ketones (excluding diaryl/α,β-unsaturated/α-hetero) is 1. The summed E-state index contributed by atoms with van der Waals surface area (Å²) < 4.78 is 0. The van der Waals surface area contributed by atoms with E-state index in [1.54, 1.807) is 12.1 Å². The second-order valence-corrected chi connectivity index (χ2v) is 3.84. The Hall–Kier alpha value is -1.67. The van der Waals surface area contributed by atoms with E-state index in [0.717, 1.165) is 5.56 Å². The lowest BCUT2D eigenvalue weighted by Gasteiger charge is -2.00. The minimum absolute atomic E-state index is 0.0513. The van der Waals surface area contributed by atoms with Gasteiger partial charge in [-0.3, -0.25) is 4.79 Å². The molecule has 0 spiro atoms. The van der Waals surface area contributed by atoms with Crippen LogP contribution in [0.2, 0.25) is 5.15 Å². The summed E-state index contributed by atoms with van der Waals surface area (Å²) in [7, 11) is 0. The summed E-state index contributed by atoms with van der Waals surface area (Å²) in [5.74, 6) is 0.0513. The van der Waals surface area contributed by atoms with Crippen molar-refractivity contribution in [3.63, 3.8) is 0 Å². The molecule has 0 aliphatic rings. The first-order chi connectivity index (χ1) is 7.75. The number of pyridine rings is 1. The summed E-state index contributed by atoms with van der Waals surface area (Å²) in [5, 5.41) is 0.399. The van der Waals surface area contributed by atoms with Crippen LogP contribution in [0.1, 0.15) is 15.9 Å². The standard InChI is InChI=1S/C13H10ClNO/c14-13-7-6-11(9-15-13)12(16)8-10-4-2-1-3-5-10/h1-7,9H,8H2. The third kappa shape index (κ3) is 2.67. The molecule has 0 amide bonds. The molecule has 0 atom stereocenters. The highest BCUT2D eigenvalue weighted by molar-refractivity contribution is 6.29. The average Bonchev–Trinajstić information content (AvgIpc) is 2.31. The molecule has 0 saturated heterocycles. The highest BCUT2D eigenvalue weighted by atomic mass is 35.5. The van der Waals surface area contributed by atoms with Crippen LogP contribution < -0.4 is 0 Å². The Labute approximate surface area is 98.9 Å². The molecular formula is C13H10ClNO. The van der Waals surface area contributed by atoms with E-state index < -0.39 is 0 Å². The Morgan fingerprint density at radius 2 is 1.88 bits per heavy atom. The van der Waals surface area contributed by atoms with Gasteiger partial charge in [-0.05, 0) is 17.7 Å². The fourth-order valence-electron chi connectivity index (χ4n) is 1.42. The number of ketones is 1. The molecule has 0 fully saturated rings. The highest BCUT2D eigenvalue weighted by Gasteiger charge is 2.06. The van der Waals surface area contributed by atoms with Crippen molar-refractivity contribution in [2.24, 2.45) is 0 Å². The van der Waals surface area contributed by atoms with Gasteiger partial charge in [-0.25, -0.2) is 4.98 Å². The van der Waals surface area contributed by atoms with Gasteiger partial charge in [-0.2, -0.15) is 0 Å². The van der Waals surface area contributed by atoms with Gasteiger partial charge in [-0.1, -0.05) is 41.9 Å². The van der Waals surface area contributed by atoms with E-state index in [1.807, 2.05) is 30.3 Å². The first-order valence-electron chi connectivity index (χ1n) is 4.94. The van der Waals surface area contributed by atoms with E-state index in [-0.39, 0.29) is 5.78 Å². The topological polar surface area (TPSA) is 30.0 Å². The Morgan fingerprint density at radius 1 is 1.12 bits per heavy atom. The number of hydrogen-bond acceptors (Lipinski definition) is 2. The Morgan fingerprint density at radius 3 is 2.50 bits per heavy atom. The van der Waals surface area contributed by atoms with E-state index in [0.29, 0.717) is 17.1 Å². The summed E-state index contributed by atoms with van der Waals surface area (Å²) >= 11 is 5.65. The highest BCUT2D eigenvalue weighted by Crippen LogP contribution is 2.09. The minimum Gasteiger partial charge on any atom is -0.294 e. The van der Waals surface area contributed by atoms with Crippen LogP contribution >= 0.6 is 11.6 Å². The fourth-order valence-corrected chi connectivity index (χ4v) is 1.54. The van der Waals surface area contributed by atoms with E-state index in [2.05, 4.69) is 4.98 Å². The fraction of sp³-hybridized carbons (Fsp3) is 0.0769. The van der Waals surface area contributed by atoms with Crippen LogP contribution in [0.4, 0.5) is 0 Å². The number of carbonyl (C=O) groups is 1. The molecule has 1 heterocycles. The number of nitrogens with zero attached hydrogens (tertiary/aromatic N) is 1. The summed E-state index contributed by atoms with van der Waals surface area (Å²) in [4.78, 5) is 15.7. The van der Waals surface area contributed by atoms with Crippen molar-refractivity contribution in [2.75, 3.05) is 0 Å². The van der Waals surface area contributed by atoms with Gasteiger partial charge in [0, 0.05) is 18.2 Å². The van der Waals surface area contributed by atoms with Crippen molar-refractivity contribution in [1.82, 2.24) is 4.98 Å². The molecular weight excluding hydrogens is 222 g/mol. The van der Waals surface area contributed by atoms with E-state index >= 15 is 0 Å². The molecule has 3 heteroatoms. The zero-order valence-electron chi connectivity index (χ0n) is 8.56. The Kier molecular flexibility index (Phi) is 3.32. The third-order valence-corrected chi connectivity index (χ3v) is 2.48.